The predicted molar refractivity (Wildman–Crippen MR) is 94.6 cm³/mol. The number of carboxylic acid groups (broad SMARTS) is 1. The minimum atomic E-state index is -0.984. The fourth-order valence-electron chi connectivity index (χ4n) is 3.46. The summed E-state index contributed by atoms with van der Waals surface area (Å²) < 4.78 is 5.26. The molecule has 0 spiro atoms. The third-order valence-corrected chi connectivity index (χ3v) is 4.96. The number of carbonyl (C=O) groups excluding carboxylic acids is 1. The van der Waals surface area contributed by atoms with Crippen molar-refractivity contribution in [3.8, 4) is 0 Å². The number of amides is 1. The number of carbonyl (C=O) groups is 2. The van der Waals surface area contributed by atoms with Crippen molar-refractivity contribution in [2.45, 2.75) is 38.4 Å². The molecule has 0 radical (unpaired) electrons. The molecule has 1 aliphatic rings. The Kier molecular flexibility index (Phi) is 5.37. The summed E-state index contributed by atoms with van der Waals surface area (Å²) in [6, 6.07) is 4.81. The van der Waals surface area contributed by atoms with Crippen molar-refractivity contribution in [1.82, 2.24) is 14.8 Å². The molecule has 1 aliphatic heterocycles. The molecule has 26 heavy (non-hydrogen) atoms. The first-order chi connectivity index (χ1) is 12.5. The lowest BCUT2D eigenvalue weighted by molar-refractivity contribution is -0.144. The first-order valence-electron chi connectivity index (χ1n) is 8.64. The molecule has 3 heterocycles. The number of hydrogen-bond donors (Lipinski definition) is 1. The van der Waals surface area contributed by atoms with E-state index < -0.39 is 12.0 Å². The lowest BCUT2D eigenvalue weighted by atomic mass is 9.95. The van der Waals surface area contributed by atoms with Crippen LogP contribution in [0.2, 0.25) is 0 Å². The highest BCUT2D eigenvalue weighted by Gasteiger charge is 2.39. The van der Waals surface area contributed by atoms with Crippen molar-refractivity contribution in [1.29, 1.82) is 0 Å². The lowest BCUT2D eigenvalue weighted by Gasteiger charge is -2.40. The summed E-state index contributed by atoms with van der Waals surface area (Å²) in [7, 11) is 1.98. The van der Waals surface area contributed by atoms with Crippen LogP contribution in [0.5, 0.6) is 0 Å². The van der Waals surface area contributed by atoms with Gasteiger partial charge in [-0.1, -0.05) is 6.07 Å². The third-order valence-electron chi connectivity index (χ3n) is 4.96. The van der Waals surface area contributed by atoms with Crippen LogP contribution in [0.4, 0.5) is 0 Å². The zero-order valence-electron chi connectivity index (χ0n) is 15.0. The normalized spacial score (nSPS) is 20.3. The molecule has 0 bridgehead atoms. The molecule has 1 saturated heterocycles. The molecule has 0 aliphatic carbocycles. The van der Waals surface area contributed by atoms with Crippen LogP contribution in [0, 0.1) is 6.92 Å². The average Bonchev–Trinajstić information content (AvgIpc) is 3.07. The fourth-order valence-corrected chi connectivity index (χ4v) is 3.46. The molecule has 1 N–H and O–H groups in total. The van der Waals surface area contributed by atoms with Gasteiger partial charge in [-0.2, -0.15) is 0 Å². The van der Waals surface area contributed by atoms with E-state index in [1.165, 1.54) is 11.2 Å². The Balaban J connectivity index is 1.71. The van der Waals surface area contributed by atoms with Crippen LogP contribution in [0.3, 0.4) is 0 Å². The Morgan fingerprint density at radius 3 is 2.85 bits per heavy atom. The molecule has 2 aromatic rings. The molecule has 0 saturated carbocycles. The van der Waals surface area contributed by atoms with E-state index in [-0.39, 0.29) is 17.7 Å². The van der Waals surface area contributed by atoms with Crippen LogP contribution < -0.4 is 0 Å². The summed E-state index contributed by atoms with van der Waals surface area (Å²) >= 11 is 0. The van der Waals surface area contributed by atoms with Crippen LogP contribution in [0.1, 0.15) is 34.5 Å². The van der Waals surface area contributed by atoms with Gasteiger partial charge >= 0.3 is 5.97 Å². The topological polar surface area (TPSA) is 86.9 Å². The molecule has 1 fully saturated rings. The number of aryl methyl sites for hydroxylation is 1. The monoisotopic (exact) mass is 357 g/mol. The molecule has 7 heteroatoms. The molecule has 3 rings (SSSR count). The number of hydrogen-bond acceptors (Lipinski definition) is 5. The van der Waals surface area contributed by atoms with E-state index in [9.17, 15) is 14.7 Å². The summed E-state index contributed by atoms with van der Waals surface area (Å²) in [6.07, 6.45) is 6.09. The number of aliphatic carboxylic acids is 1. The molecule has 138 valence electrons. The maximum absolute atomic E-state index is 12.7. The van der Waals surface area contributed by atoms with Crippen molar-refractivity contribution in [3.63, 3.8) is 0 Å². The summed E-state index contributed by atoms with van der Waals surface area (Å²) in [5.74, 6) is -1.12. The summed E-state index contributed by atoms with van der Waals surface area (Å²) in [5.41, 5.74) is 1.79. The highest BCUT2D eigenvalue weighted by molar-refractivity contribution is 5.95. The maximum Gasteiger partial charge on any atom is 0.326 e. The molecular weight excluding hydrogens is 334 g/mol. The van der Waals surface area contributed by atoms with E-state index in [2.05, 4.69) is 9.88 Å². The largest absolute Gasteiger partial charge is 0.480 e. The van der Waals surface area contributed by atoms with Crippen LogP contribution in [0.25, 0.3) is 0 Å². The SMILES string of the molecule is Cc1ccoc1C(=O)N1CC[C@H](N(C)Cc2cccnc2)C[C@H]1C(=O)O. The number of carboxylic acids is 1. The van der Waals surface area contributed by atoms with Crippen molar-refractivity contribution in [2.24, 2.45) is 0 Å². The molecule has 2 atom stereocenters. The van der Waals surface area contributed by atoms with Crippen molar-refractivity contribution in [2.75, 3.05) is 13.6 Å². The van der Waals surface area contributed by atoms with Gasteiger partial charge in [0.25, 0.3) is 5.91 Å². The van der Waals surface area contributed by atoms with Gasteiger partial charge in [0.05, 0.1) is 6.26 Å². The van der Waals surface area contributed by atoms with Crippen LogP contribution >= 0.6 is 0 Å². The Labute approximate surface area is 152 Å². The van der Waals surface area contributed by atoms with E-state index in [1.54, 1.807) is 19.2 Å². The number of likely N-dealkylation sites (tertiary alicyclic amines) is 1. The average molecular weight is 357 g/mol. The van der Waals surface area contributed by atoms with Crippen molar-refractivity contribution < 1.29 is 19.1 Å². The van der Waals surface area contributed by atoms with E-state index in [0.717, 1.165) is 11.1 Å². The Morgan fingerprint density at radius 1 is 1.42 bits per heavy atom. The third kappa shape index (κ3) is 3.77. The molecule has 1 amide bonds. The van der Waals surface area contributed by atoms with Gasteiger partial charge < -0.3 is 14.4 Å². The standard InChI is InChI=1S/C19H23N3O4/c1-13-6-9-26-17(13)18(23)22-8-5-15(10-16(22)19(24)25)21(2)12-14-4-3-7-20-11-14/h3-4,6-7,9,11,15-16H,5,8,10,12H2,1-2H3,(H,24,25)/t15-,16-/m0/s1. The zero-order chi connectivity index (χ0) is 18.7. The van der Waals surface area contributed by atoms with E-state index in [0.29, 0.717) is 25.9 Å². The van der Waals surface area contributed by atoms with Gasteiger partial charge in [0.1, 0.15) is 6.04 Å². The van der Waals surface area contributed by atoms with Gasteiger partial charge in [-0.15, -0.1) is 0 Å². The van der Waals surface area contributed by atoms with Gasteiger partial charge in [0, 0.05) is 37.1 Å². The smallest absolute Gasteiger partial charge is 0.326 e. The summed E-state index contributed by atoms with van der Waals surface area (Å²) in [5, 5.41) is 9.66. The zero-order valence-corrected chi connectivity index (χ0v) is 15.0. The van der Waals surface area contributed by atoms with E-state index >= 15 is 0 Å². The summed E-state index contributed by atoms with van der Waals surface area (Å²) in [4.78, 5) is 32.2. The highest BCUT2D eigenvalue weighted by atomic mass is 16.4. The number of nitrogens with zero attached hydrogens (tertiary/aromatic N) is 3. The van der Waals surface area contributed by atoms with E-state index in [4.69, 9.17) is 4.42 Å². The van der Waals surface area contributed by atoms with Crippen LogP contribution in [-0.4, -0.2) is 57.4 Å². The highest BCUT2D eigenvalue weighted by Crippen LogP contribution is 2.25. The van der Waals surface area contributed by atoms with Gasteiger partial charge in [-0.3, -0.25) is 14.7 Å². The molecular formula is C19H23N3O4. The second-order valence-corrected chi connectivity index (χ2v) is 6.74. The Hall–Kier alpha value is -2.67. The number of furan rings is 1. The molecule has 0 aromatic carbocycles. The fraction of sp³-hybridized carbons (Fsp3) is 0.421. The van der Waals surface area contributed by atoms with Crippen molar-refractivity contribution in [3.05, 3.63) is 53.7 Å². The second kappa shape index (κ2) is 7.70. The van der Waals surface area contributed by atoms with Gasteiger partial charge in [-0.05, 0) is 44.5 Å². The molecule has 0 unspecified atom stereocenters. The first-order valence-corrected chi connectivity index (χ1v) is 8.64. The Bertz CT molecular complexity index is 774. The Morgan fingerprint density at radius 2 is 2.23 bits per heavy atom. The molecule has 7 nitrogen and oxygen atoms in total. The number of aromatic nitrogens is 1. The van der Waals surface area contributed by atoms with Gasteiger partial charge in [0.2, 0.25) is 0 Å². The first kappa shape index (κ1) is 18.1. The van der Waals surface area contributed by atoms with Crippen LogP contribution in [-0.2, 0) is 11.3 Å². The van der Waals surface area contributed by atoms with Crippen LogP contribution in [0.15, 0.2) is 41.3 Å². The van der Waals surface area contributed by atoms with Gasteiger partial charge in [-0.25, -0.2) is 4.79 Å². The lowest BCUT2D eigenvalue weighted by Crippen LogP contribution is -2.54. The van der Waals surface area contributed by atoms with Crippen molar-refractivity contribution >= 4 is 11.9 Å². The van der Waals surface area contributed by atoms with Gasteiger partial charge in [0.15, 0.2) is 5.76 Å². The quantitative estimate of drug-likeness (QED) is 0.882. The maximum atomic E-state index is 12.7. The minimum Gasteiger partial charge on any atom is -0.480 e. The number of pyridine rings is 1. The number of rotatable bonds is 5. The molecule has 2 aromatic heterocycles. The predicted octanol–water partition coefficient (Wildman–Crippen LogP) is 2.17. The second-order valence-electron chi connectivity index (χ2n) is 6.74. The van der Waals surface area contributed by atoms with E-state index in [1.807, 2.05) is 25.4 Å². The minimum absolute atomic E-state index is 0.0815. The number of piperidine rings is 1. The summed E-state index contributed by atoms with van der Waals surface area (Å²) in [6.45, 7) is 2.86.